The van der Waals surface area contributed by atoms with Gasteiger partial charge in [-0.1, -0.05) is 6.07 Å². The van der Waals surface area contributed by atoms with Crippen LogP contribution < -0.4 is 0 Å². The van der Waals surface area contributed by atoms with Crippen LogP contribution in [-0.2, 0) is 12.0 Å². The summed E-state index contributed by atoms with van der Waals surface area (Å²) in [5, 5.41) is 10.7. The zero-order valence-corrected chi connectivity index (χ0v) is 10.3. The van der Waals surface area contributed by atoms with E-state index in [1.54, 1.807) is 0 Å². The van der Waals surface area contributed by atoms with Gasteiger partial charge >= 0.3 is 0 Å². The molecule has 20 heavy (non-hydrogen) atoms. The van der Waals surface area contributed by atoms with Crippen LogP contribution >= 0.6 is 0 Å². The van der Waals surface area contributed by atoms with E-state index in [1.165, 1.54) is 12.1 Å². The second-order valence-corrected chi connectivity index (χ2v) is 4.88. The van der Waals surface area contributed by atoms with Gasteiger partial charge in [0.2, 0.25) is 0 Å². The fourth-order valence-corrected chi connectivity index (χ4v) is 2.75. The molecule has 0 spiro atoms. The van der Waals surface area contributed by atoms with E-state index in [4.69, 9.17) is 0 Å². The maximum atomic E-state index is 13.9. The normalized spacial score (nSPS) is 21.1. The average molecular weight is 282 g/mol. The summed E-state index contributed by atoms with van der Waals surface area (Å²) in [4.78, 5) is 0. The highest BCUT2D eigenvalue weighted by Crippen LogP contribution is 2.43. The van der Waals surface area contributed by atoms with Crippen LogP contribution in [0.25, 0.3) is 0 Å². The molecule has 2 aromatic rings. The van der Waals surface area contributed by atoms with Gasteiger partial charge in [0, 0.05) is 5.56 Å². The van der Waals surface area contributed by atoms with Crippen molar-refractivity contribution in [3.63, 3.8) is 0 Å². The fourth-order valence-electron chi connectivity index (χ4n) is 2.75. The molecule has 0 heterocycles. The van der Waals surface area contributed by atoms with Crippen molar-refractivity contribution >= 4 is 0 Å². The Morgan fingerprint density at radius 2 is 1.60 bits per heavy atom. The Balaban J connectivity index is 2.19. The Morgan fingerprint density at radius 3 is 2.35 bits per heavy atom. The number of benzene rings is 2. The molecule has 1 nitrogen and oxygen atoms in total. The summed E-state index contributed by atoms with van der Waals surface area (Å²) < 4.78 is 53.3. The summed E-state index contributed by atoms with van der Waals surface area (Å²) in [5.41, 5.74) is -1.23. The van der Waals surface area contributed by atoms with E-state index in [-0.39, 0.29) is 12.0 Å². The van der Waals surface area contributed by atoms with Crippen LogP contribution in [0, 0.1) is 23.3 Å². The molecule has 0 saturated heterocycles. The molecule has 0 bridgehead atoms. The number of hydrogen-bond acceptors (Lipinski definition) is 1. The van der Waals surface area contributed by atoms with Crippen LogP contribution in [0.2, 0.25) is 0 Å². The first-order valence-corrected chi connectivity index (χ1v) is 6.09. The maximum Gasteiger partial charge on any atom is 0.194 e. The Labute approximate surface area is 112 Å². The van der Waals surface area contributed by atoms with Crippen molar-refractivity contribution in [3.8, 4) is 0 Å². The molecule has 3 rings (SSSR count). The van der Waals surface area contributed by atoms with Crippen molar-refractivity contribution in [1.82, 2.24) is 0 Å². The summed E-state index contributed by atoms with van der Waals surface area (Å²) in [7, 11) is 0. The molecule has 1 aliphatic carbocycles. The molecule has 0 aliphatic heterocycles. The highest BCUT2D eigenvalue weighted by molar-refractivity contribution is 5.46. The van der Waals surface area contributed by atoms with Crippen molar-refractivity contribution in [3.05, 3.63) is 70.3 Å². The van der Waals surface area contributed by atoms with Gasteiger partial charge in [-0.3, -0.25) is 0 Å². The van der Waals surface area contributed by atoms with Crippen LogP contribution in [0.4, 0.5) is 17.6 Å². The minimum absolute atomic E-state index is 0.0911. The van der Waals surface area contributed by atoms with Gasteiger partial charge in [-0.05, 0) is 48.2 Å². The first-order chi connectivity index (χ1) is 9.43. The Kier molecular flexibility index (Phi) is 2.83. The molecule has 0 amide bonds. The predicted molar refractivity (Wildman–Crippen MR) is 64.0 cm³/mol. The molecular weight excluding hydrogens is 272 g/mol. The van der Waals surface area contributed by atoms with E-state index < -0.39 is 28.9 Å². The summed E-state index contributed by atoms with van der Waals surface area (Å²) in [5.74, 6) is -4.80. The number of aryl methyl sites for hydroxylation is 1. The molecule has 0 saturated carbocycles. The minimum Gasteiger partial charge on any atom is -0.380 e. The monoisotopic (exact) mass is 282 g/mol. The lowest BCUT2D eigenvalue weighted by Gasteiger charge is -2.25. The van der Waals surface area contributed by atoms with Crippen molar-refractivity contribution in [2.45, 2.75) is 18.4 Å². The van der Waals surface area contributed by atoms with Gasteiger partial charge < -0.3 is 5.11 Å². The molecule has 1 aliphatic rings. The lowest BCUT2D eigenvalue weighted by Crippen LogP contribution is -2.26. The summed E-state index contributed by atoms with van der Waals surface area (Å²) in [6, 6.07) is 5.54. The summed E-state index contributed by atoms with van der Waals surface area (Å²) in [6.45, 7) is 0. The van der Waals surface area contributed by atoms with Crippen molar-refractivity contribution in [1.29, 1.82) is 0 Å². The van der Waals surface area contributed by atoms with Crippen molar-refractivity contribution in [2.75, 3.05) is 0 Å². The van der Waals surface area contributed by atoms with E-state index >= 15 is 0 Å². The van der Waals surface area contributed by atoms with Crippen LogP contribution in [0.15, 0.2) is 30.3 Å². The van der Waals surface area contributed by atoms with E-state index in [1.807, 2.05) is 0 Å². The molecule has 5 heteroatoms. The standard InChI is InChI=1S/C15H10F4O/c16-9-1-2-10-8(7-9)5-6-15(10,20)11-3-4-12(17)14(19)13(11)18/h1-4,7,20H,5-6H2. The highest BCUT2D eigenvalue weighted by Gasteiger charge is 2.41. The van der Waals surface area contributed by atoms with Gasteiger partial charge in [0.05, 0.1) is 0 Å². The van der Waals surface area contributed by atoms with Gasteiger partial charge in [-0.15, -0.1) is 0 Å². The third kappa shape index (κ3) is 1.73. The Hall–Kier alpha value is -1.88. The Morgan fingerprint density at radius 1 is 0.900 bits per heavy atom. The summed E-state index contributed by atoms with van der Waals surface area (Å²) in [6.07, 6.45) is 0.426. The minimum atomic E-state index is -1.76. The molecule has 0 aromatic heterocycles. The number of fused-ring (bicyclic) bond motifs is 1. The van der Waals surface area contributed by atoms with Crippen LogP contribution in [-0.4, -0.2) is 5.11 Å². The van der Waals surface area contributed by atoms with Gasteiger partial charge in [0.1, 0.15) is 11.4 Å². The second kappa shape index (κ2) is 4.31. The van der Waals surface area contributed by atoms with Gasteiger partial charge in [0.25, 0.3) is 0 Å². The quantitative estimate of drug-likeness (QED) is 0.627. The van der Waals surface area contributed by atoms with Crippen LogP contribution in [0.5, 0.6) is 0 Å². The molecule has 1 N–H and O–H groups in total. The topological polar surface area (TPSA) is 20.2 Å². The third-order valence-corrected chi connectivity index (χ3v) is 3.75. The molecule has 2 aromatic carbocycles. The number of rotatable bonds is 1. The first-order valence-electron chi connectivity index (χ1n) is 6.09. The highest BCUT2D eigenvalue weighted by atomic mass is 19.2. The van der Waals surface area contributed by atoms with Gasteiger partial charge in [-0.2, -0.15) is 0 Å². The maximum absolute atomic E-state index is 13.9. The zero-order valence-electron chi connectivity index (χ0n) is 10.3. The van der Waals surface area contributed by atoms with E-state index in [0.717, 1.165) is 18.2 Å². The van der Waals surface area contributed by atoms with Crippen LogP contribution in [0.3, 0.4) is 0 Å². The zero-order chi connectivity index (χ0) is 14.5. The number of hydrogen-bond donors (Lipinski definition) is 1. The molecule has 1 unspecified atom stereocenters. The second-order valence-electron chi connectivity index (χ2n) is 4.88. The fraction of sp³-hybridized carbons (Fsp3) is 0.200. The average Bonchev–Trinajstić information content (AvgIpc) is 2.74. The van der Waals surface area contributed by atoms with Gasteiger partial charge in [0.15, 0.2) is 17.5 Å². The SMILES string of the molecule is OC1(c2ccc(F)c(F)c2F)CCc2cc(F)ccc21. The lowest BCUT2D eigenvalue weighted by molar-refractivity contribution is 0.0778. The van der Waals surface area contributed by atoms with Crippen LogP contribution in [0.1, 0.15) is 23.1 Å². The summed E-state index contributed by atoms with van der Waals surface area (Å²) >= 11 is 0. The Bertz CT molecular complexity index is 699. The molecule has 104 valence electrons. The molecule has 0 radical (unpaired) electrons. The predicted octanol–water partition coefficient (Wildman–Crippen LogP) is 3.43. The smallest absolute Gasteiger partial charge is 0.194 e. The van der Waals surface area contributed by atoms with Crippen molar-refractivity contribution in [2.24, 2.45) is 0 Å². The molecular formula is C15H10F4O. The van der Waals surface area contributed by atoms with E-state index in [2.05, 4.69) is 0 Å². The lowest BCUT2D eigenvalue weighted by atomic mass is 9.87. The largest absolute Gasteiger partial charge is 0.380 e. The molecule has 0 fully saturated rings. The van der Waals surface area contributed by atoms with Gasteiger partial charge in [-0.25, -0.2) is 17.6 Å². The number of aliphatic hydroxyl groups is 1. The third-order valence-electron chi connectivity index (χ3n) is 3.75. The molecule has 1 atom stereocenters. The van der Waals surface area contributed by atoms with E-state index in [9.17, 15) is 22.7 Å². The first kappa shape index (κ1) is 13.1. The van der Waals surface area contributed by atoms with Crippen molar-refractivity contribution < 1.29 is 22.7 Å². The van der Waals surface area contributed by atoms with E-state index in [0.29, 0.717) is 17.5 Å². The number of halogens is 4.